The van der Waals surface area contributed by atoms with Crippen molar-refractivity contribution < 1.29 is 22.1 Å². The Kier molecular flexibility index (Phi) is 6.59. The summed E-state index contributed by atoms with van der Waals surface area (Å²) in [6.07, 6.45) is 4.51. The van der Waals surface area contributed by atoms with Crippen LogP contribution in [0.5, 0.6) is 0 Å². The number of amides is 1. The topological polar surface area (TPSA) is 107 Å². The standard InChI is InChI=1S/C29H27FN4O4S/c1-29(2,3)25-16-26(33-38-25)32-28(35)15-20-5-6-21(13-23(20)30)24-17-31-27-14-19(11-12-34(24)27)18-7-9-22(10-8-18)39(4,36)37/h5-14,16-17H,15H2,1-4H3,(H,32,33,35). The minimum absolute atomic E-state index is 0.154. The minimum atomic E-state index is -3.27. The van der Waals surface area contributed by atoms with Crippen LogP contribution in [0.1, 0.15) is 32.1 Å². The lowest BCUT2D eigenvalue weighted by Crippen LogP contribution is -2.15. The number of rotatable bonds is 6. The molecule has 0 saturated heterocycles. The molecule has 0 unspecified atom stereocenters. The molecule has 200 valence electrons. The molecule has 10 heteroatoms. The van der Waals surface area contributed by atoms with Crippen LogP contribution in [-0.2, 0) is 26.5 Å². The van der Waals surface area contributed by atoms with Gasteiger partial charge in [-0.05, 0) is 47.0 Å². The van der Waals surface area contributed by atoms with Crippen LogP contribution >= 0.6 is 0 Å². The second kappa shape index (κ2) is 9.77. The third-order valence-corrected chi connectivity index (χ3v) is 7.47. The summed E-state index contributed by atoms with van der Waals surface area (Å²) in [7, 11) is -3.27. The Morgan fingerprint density at radius 2 is 1.72 bits per heavy atom. The molecule has 8 nitrogen and oxygen atoms in total. The van der Waals surface area contributed by atoms with E-state index in [0.29, 0.717) is 28.5 Å². The fourth-order valence-electron chi connectivity index (χ4n) is 4.17. The minimum Gasteiger partial charge on any atom is -0.359 e. The first-order valence-electron chi connectivity index (χ1n) is 12.2. The van der Waals surface area contributed by atoms with E-state index in [2.05, 4.69) is 15.5 Å². The number of hydrogen-bond donors (Lipinski definition) is 1. The lowest BCUT2D eigenvalue weighted by atomic mass is 9.93. The van der Waals surface area contributed by atoms with Crippen molar-refractivity contribution in [3.8, 4) is 22.4 Å². The van der Waals surface area contributed by atoms with Gasteiger partial charge < -0.3 is 9.84 Å². The fourth-order valence-corrected chi connectivity index (χ4v) is 4.80. The van der Waals surface area contributed by atoms with Gasteiger partial charge in [-0.1, -0.05) is 50.2 Å². The number of anilines is 1. The number of pyridine rings is 1. The Bertz CT molecular complexity index is 1800. The number of nitrogens with one attached hydrogen (secondary N) is 1. The van der Waals surface area contributed by atoms with Crippen LogP contribution < -0.4 is 5.32 Å². The number of halogens is 1. The van der Waals surface area contributed by atoms with Crippen molar-refractivity contribution in [2.45, 2.75) is 37.5 Å². The Morgan fingerprint density at radius 3 is 2.36 bits per heavy atom. The number of hydrogen-bond acceptors (Lipinski definition) is 6. The first-order chi connectivity index (χ1) is 18.4. The average Bonchev–Trinajstić information content (AvgIpc) is 3.52. The fraction of sp³-hybridized carbons (Fsp3) is 0.207. The van der Waals surface area contributed by atoms with Gasteiger partial charge in [0.15, 0.2) is 15.7 Å². The van der Waals surface area contributed by atoms with E-state index in [0.717, 1.165) is 11.1 Å². The highest BCUT2D eigenvalue weighted by Gasteiger charge is 2.21. The smallest absolute Gasteiger partial charge is 0.230 e. The number of imidazole rings is 1. The van der Waals surface area contributed by atoms with E-state index in [9.17, 15) is 13.2 Å². The molecule has 0 radical (unpaired) electrons. The monoisotopic (exact) mass is 546 g/mol. The van der Waals surface area contributed by atoms with Crippen LogP contribution in [0.3, 0.4) is 0 Å². The first-order valence-corrected chi connectivity index (χ1v) is 14.1. The quantitative estimate of drug-likeness (QED) is 0.294. The molecule has 0 aliphatic carbocycles. The highest BCUT2D eigenvalue weighted by molar-refractivity contribution is 7.90. The van der Waals surface area contributed by atoms with Gasteiger partial charge in [-0.25, -0.2) is 17.8 Å². The predicted molar refractivity (Wildman–Crippen MR) is 147 cm³/mol. The maximum atomic E-state index is 15.0. The van der Waals surface area contributed by atoms with Gasteiger partial charge >= 0.3 is 0 Å². The molecule has 5 rings (SSSR count). The van der Waals surface area contributed by atoms with Crippen LogP contribution in [0.4, 0.5) is 10.2 Å². The number of aromatic nitrogens is 3. The summed E-state index contributed by atoms with van der Waals surface area (Å²) in [5.41, 5.74) is 3.68. The van der Waals surface area contributed by atoms with E-state index in [-0.39, 0.29) is 22.3 Å². The Morgan fingerprint density at radius 1 is 1.00 bits per heavy atom. The molecule has 0 spiro atoms. The largest absolute Gasteiger partial charge is 0.359 e. The molecular formula is C29H27FN4O4S. The van der Waals surface area contributed by atoms with Crippen molar-refractivity contribution in [1.82, 2.24) is 14.5 Å². The molecule has 2 aromatic carbocycles. The van der Waals surface area contributed by atoms with E-state index >= 15 is 4.39 Å². The number of benzene rings is 2. The van der Waals surface area contributed by atoms with Gasteiger partial charge in [-0.3, -0.25) is 9.20 Å². The van der Waals surface area contributed by atoms with Gasteiger partial charge in [0.05, 0.1) is 23.2 Å². The molecule has 1 amide bonds. The highest BCUT2D eigenvalue weighted by Crippen LogP contribution is 2.28. The average molecular weight is 547 g/mol. The van der Waals surface area contributed by atoms with Gasteiger partial charge in [0.2, 0.25) is 5.91 Å². The Labute approximate surface area is 225 Å². The molecule has 0 atom stereocenters. The Hall–Kier alpha value is -4.31. The molecule has 5 aromatic rings. The molecule has 0 aliphatic heterocycles. The lowest BCUT2D eigenvalue weighted by molar-refractivity contribution is -0.115. The summed E-state index contributed by atoms with van der Waals surface area (Å²) >= 11 is 0. The van der Waals surface area contributed by atoms with Crippen LogP contribution in [0.25, 0.3) is 28.0 Å². The van der Waals surface area contributed by atoms with Crippen molar-refractivity contribution in [3.05, 3.63) is 90.2 Å². The molecule has 0 fully saturated rings. The normalized spacial score (nSPS) is 12.1. The second-order valence-electron chi connectivity index (χ2n) is 10.4. The van der Waals surface area contributed by atoms with E-state index < -0.39 is 21.6 Å². The number of carbonyl (C=O) groups is 1. The lowest BCUT2D eigenvalue weighted by Gasteiger charge is -2.12. The number of sulfone groups is 1. The summed E-state index contributed by atoms with van der Waals surface area (Å²) in [5, 5.41) is 6.52. The molecule has 39 heavy (non-hydrogen) atoms. The third-order valence-electron chi connectivity index (χ3n) is 6.35. The summed E-state index contributed by atoms with van der Waals surface area (Å²) in [6.45, 7) is 5.92. The van der Waals surface area contributed by atoms with Gasteiger partial charge in [-0.2, -0.15) is 0 Å². The van der Waals surface area contributed by atoms with Crippen LogP contribution in [0, 0.1) is 5.82 Å². The number of carbonyl (C=O) groups excluding carboxylic acids is 1. The second-order valence-corrected chi connectivity index (χ2v) is 12.5. The van der Waals surface area contributed by atoms with Crippen molar-refractivity contribution >= 4 is 27.2 Å². The maximum Gasteiger partial charge on any atom is 0.230 e. The Balaban J connectivity index is 1.33. The van der Waals surface area contributed by atoms with Gasteiger partial charge in [0.1, 0.15) is 17.2 Å². The van der Waals surface area contributed by atoms with Crippen LogP contribution in [-0.4, -0.2) is 35.1 Å². The molecule has 0 saturated carbocycles. The van der Waals surface area contributed by atoms with Gasteiger partial charge in [-0.15, -0.1) is 0 Å². The van der Waals surface area contributed by atoms with E-state index in [4.69, 9.17) is 4.52 Å². The highest BCUT2D eigenvalue weighted by atomic mass is 32.2. The molecular weight excluding hydrogens is 519 g/mol. The molecule has 0 bridgehead atoms. The van der Waals surface area contributed by atoms with Crippen molar-refractivity contribution in [2.24, 2.45) is 0 Å². The summed E-state index contributed by atoms with van der Waals surface area (Å²) in [6, 6.07) is 16.8. The first kappa shape index (κ1) is 26.3. The molecule has 3 aromatic heterocycles. The van der Waals surface area contributed by atoms with Gasteiger partial charge in [0.25, 0.3) is 0 Å². The maximum absolute atomic E-state index is 15.0. The van der Waals surface area contributed by atoms with Crippen LogP contribution in [0.15, 0.2) is 82.5 Å². The van der Waals surface area contributed by atoms with E-state index in [1.54, 1.807) is 48.7 Å². The molecule has 3 heterocycles. The SMILES string of the molecule is CC(C)(C)c1cc(NC(=O)Cc2ccc(-c3cnc4cc(-c5ccc(S(C)(=O)=O)cc5)ccn34)cc2F)no1. The number of fused-ring (bicyclic) bond motifs is 1. The number of nitrogens with zero attached hydrogens (tertiary/aromatic N) is 3. The van der Waals surface area contributed by atoms with Crippen molar-refractivity contribution in [1.29, 1.82) is 0 Å². The zero-order chi connectivity index (χ0) is 27.9. The van der Waals surface area contributed by atoms with Gasteiger partial charge in [0, 0.05) is 29.5 Å². The summed E-state index contributed by atoms with van der Waals surface area (Å²) in [4.78, 5) is 17.2. The van der Waals surface area contributed by atoms with Crippen molar-refractivity contribution in [3.63, 3.8) is 0 Å². The predicted octanol–water partition coefficient (Wildman–Crippen LogP) is 5.68. The van der Waals surface area contributed by atoms with E-state index in [1.807, 2.05) is 43.5 Å². The molecule has 1 N–H and O–H groups in total. The zero-order valence-electron chi connectivity index (χ0n) is 21.9. The summed E-state index contributed by atoms with van der Waals surface area (Å²) < 4.78 is 45.6. The molecule has 0 aliphatic rings. The van der Waals surface area contributed by atoms with Crippen LogP contribution in [0.2, 0.25) is 0 Å². The van der Waals surface area contributed by atoms with Crippen molar-refractivity contribution in [2.75, 3.05) is 11.6 Å². The third kappa shape index (κ3) is 5.61. The van der Waals surface area contributed by atoms with E-state index in [1.165, 1.54) is 12.3 Å². The zero-order valence-corrected chi connectivity index (χ0v) is 22.7. The summed E-state index contributed by atoms with van der Waals surface area (Å²) in [5.74, 6) is 0.0229.